The van der Waals surface area contributed by atoms with Crippen molar-refractivity contribution in [2.75, 3.05) is 6.61 Å². The number of ether oxygens (including phenoxy) is 1. The fourth-order valence-electron chi connectivity index (χ4n) is 4.49. The summed E-state index contributed by atoms with van der Waals surface area (Å²) >= 11 is 0. The third-order valence-electron chi connectivity index (χ3n) is 6.07. The van der Waals surface area contributed by atoms with Crippen molar-refractivity contribution in [3.63, 3.8) is 0 Å². The second kappa shape index (κ2) is 9.29. The monoisotopic (exact) mass is 403 g/mol. The molecule has 0 spiro atoms. The summed E-state index contributed by atoms with van der Waals surface area (Å²) in [6.45, 7) is 4.64. The van der Waals surface area contributed by atoms with Gasteiger partial charge in [-0.15, -0.1) is 0 Å². The smallest absolute Gasteiger partial charge is 0.226 e. The van der Waals surface area contributed by atoms with Crippen LogP contribution in [0.25, 0.3) is 11.5 Å². The van der Waals surface area contributed by atoms with Gasteiger partial charge in [0.25, 0.3) is 0 Å². The summed E-state index contributed by atoms with van der Waals surface area (Å²) in [5, 5.41) is 0. The van der Waals surface area contributed by atoms with Gasteiger partial charge in [0.1, 0.15) is 17.8 Å². The van der Waals surface area contributed by atoms with Crippen molar-refractivity contribution in [3.8, 4) is 17.2 Å². The van der Waals surface area contributed by atoms with Gasteiger partial charge in [-0.3, -0.25) is 0 Å². The van der Waals surface area contributed by atoms with E-state index >= 15 is 0 Å². The van der Waals surface area contributed by atoms with Gasteiger partial charge in [-0.2, -0.15) is 0 Å². The first-order chi connectivity index (χ1) is 14.7. The number of fused-ring (bicyclic) bond motifs is 1. The number of carbonyl (C=O) groups excluding carboxylic acids is 1. The lowest BCUT2D eigenvalue weighted by Gasteiger charge is -2.18. The summed E-state index contributed by atoms with van der Waals surface area (Å²) in [5.41, 5.74) is 4.57. The zero-order valence-corrected chi connectivity index (χ0v) is 17.8. The molecule has 30 heavy (non-hydrogen) atoms. The quantitative estimate of drug-likeness (QED) is 0.416. The minimum Gasteiger partial charge on any atom is -0.493 e. The molecular weight excluding hydrogens is 374 g/mol. The Bertz CT molecular complexity index is 993. The molecule has 2 unspecified atom stereocenters. The molecule has 0 N–H and O–H groups in total. The fraction of sp³-hybridized carbons (Fsp3) is 0.385. The maximum absolute atomic E-state index is 11.5. The molecule has 1 heterocycles. The zero-order chi connectivity index (χ0) is 20.9. The number of aldehydes is 1. The molecule has 0 saturated heterocycles. The molecule has 4 heteroatoms. The summed E-state index contributed by atoms with van der Waals surface area (Å²) in [6, 6.07) is 16.3. The SMILES string of the molecule is CCCC(C=O)C1CCc2cc(OCCc3nc(-c4ccccc4)oc3C)ccc21. The molecule has 1 aliphatic carbocycles. The van der Waals surface area contributed by atoms with Gasteiger partial charge in [0.15, 0.2) is 0 Å². The van der Waals surface area contributed by atoms with Crippen molar-refractivity contribution in [2.45, 2.75) is 51.9 Å². The second-order valence-electron chi connectivity index (χ2n) is 8.08. The summed E-state index contributed by atoms with van der Waals surface area (Å²) in [6.07, 6.45) is 5.94. The van der Waals surface area contributed by atoms with Crippen LogP contribution in [-0.4, -0.2) is 17.9 Å². The van der Waals surface area contributed by atoms with Gasteiger partial charge in [-0.1, -0.05) is 37.6 Å². The summed E-state index contributed by atoms with van der Waals surface area (Å²) in [7, 11) is 0. The van der Waals surface area contributed by atoms with Gasteiger partial charge in [0.2, 0.25) is 5.89 Å². The van der Waals surface area contributed by atoms with Crippen LogP contribution >= 0.6 is 0 Å². The third kappa shape index (κ3) is 4.33. The number of aromatic nitrogens is 1. The van der Waals surface area contributed by atoms with Crippen LogP contribution in [0.4, 0.5) is 0 Å². The maximum atomic E-state index is 11.5. The topological polar surface area (TPSA) is 52.3 Å². The van der Waals surface area contributed by atoms with E-state index in [1.165, 1.54) is 11.1 Å². The molecule has 2 aromatic carbocycles. The molecule has 0 amide bonds. The van der Waals surface area contributed by atoms with Crippen LogP contribution in [0.15, 0.2) is 52.9 Å². The second-order valence-corrected chi connectivity index (χ2v) is 8.08. The van der Waals surface area contributed by atoms with E-state index in [9.17, 15) is 4.79 Å². The Kier molecular flexibility index (Phi) is 6.32. The van der Waals surface area contributed by atoms with Gasteiger partial charge < -0.3 is 13.9 Å². The minimum atomic E-state index is 0.136. The molecule has 1 aliphatic rings. The number of rotatable bonds is 9. The number of aryl methyl sites for hydroxylation is 2. The Hall–Kier alpha value is -2.88. The predicted octanol–water partition coefficient (Wildman–Crippen LogP) is 5.92. The Morgan fingerprint density at radius 3 is 2.83 bits per heavy atom. The number of oxazole rings is 1. The molecule has 4 rings (SSSR count). The molecule has 3 aromatic rings. The summed E-state index contributed by atoms with van der Waals surface area (Å²) in [5.74, 6) is 2.88. The first-order valence-electron chi connectivity index (χ1n) is 10.9. The number of hydrogen-bond donors (Lipinski definition) is 0. The third-order valence-corrected chi connectivity index (χ3v) is 6.07. The van der Waals surface area contributed by atoms with Crippen LogP contribution < -0.4 is 4.74 Å². The summed E-state index contributed by atoms with van der Waals surface area (Å²) in [4.78, 5) is 16.2. The molecule has 0 bridgehead atoms. The van der Waals surface area contributed by atoms with Crippen LogP contribution in [0.5, 0.6) is 5.75 Å². The molecule has 4 nitrogen and oxygen atoms in total. The average Bonchev–Trinajstić information content (AvgIpc) is 3.36. The van der Waals surface area contributed by atoms with Crippen molar-refractivity contribution in [2.24, 2.45) is 5.92 Å². The van der Waals surface area contributed by atoms with Crippen LogP contribution in [0.1, 0.15) is 54.7 Å². The lowest BCUT2D eigenvalue weighted by molar-refractivity contribution is -0.111. The molecule has 156 valence electrons. The summed E-state index contributed by atoms with van der Waals surface area (Å²) < 4.78 is 11.9. The maximum Gasteiger partial charge on any atom is 0.226 e. The molecule has 2 atom stereocenters. The number of hydrogen-bond acceptors (Lipinski definition) is 4. The van der Waals surface area contributed by atoms with E-state index in [0.29, 0.717) is 24.8 Å². The molecule has 0 fully saturated rings. The van der Waals surface area contributed by atoms with E-state index in [1.807, 2.05) is 43.3 Å². The number of nitrogens with zero attached hydrogens (tertiary/aromatic N) is 1. The van der Waals surface area contributed by atoms with Crippen LogP contribution in [0.2, 0.25) is 0 Å². The molecule has 0 radical (unpaired) electrons. The largest absolute Gasteiger partial charge is 0.493 e. The van der Waals surface area contributed by atoms with E-state index in [4.69, 9.17) is 9.15 Å². The average molecular weight is 404 g/mol. The normalized spacial score (nSPS) is 16.3. The first-order valence-corrected chi connectivity index (χ1v) is 10.9. The fourth-order valence-corrected chi connectivity index (χ4v) is 4.49. The van der Waals surface area contributed by atoms with Crippen molar-refractivity contribution in [1.29, 1.82) is 0 Å². The highest BCUT2D eigenvalue weighted by Crippen LogP contribution is 2.40. The zero-order valence-electron chi connectivity index (χ0n) is 17.8. The standard InChI is InChI=1S/C26H29NO3/c1-3-7-21(17-28)24-12-10-20-16-22(11-13-23(20)24)29-15-14-25-18(2)30-26(27-25)19-8-5-4-6-9-19/h4-6,8-9,11,13,16-17,21,24H,3,7,10,12,14-15H2,1-2H3. The van der Waals surface area contributed by atoms with E-state index in [0.717, 1.165) is 54.7 Å². The Morgan fingerprint density at radius 2 is 2.07 bits per heavy atom. The van der Waals surface area contributed by atoms with Crippen LogP contribution in [0.3, 0.4) is 0 Å². The number of benzene rings is 2. The lowest BCUT2D eigenvalue weighted by Crippen LogP contribution is -2.12. The van der Waals surface area contributed by atoms with Crippen LogP contribution in [0, 0.1) is 12.8 Å². The van der Waals surface area contributed by atoms with Gasteiger partial charge in [0.05, 0.1) is 12.3 Å². The van der Waals surface area contributed by atoms with E-state index in [1.54, 1.807) is 0 Å². The van der Waals surface area contributed by atoms with Crippen molar-refractivity contribution in [3.05, 3.63) is 71.1 Å². The highest BCUT2D eigenvalue weighted by Gasteiger charge is 2.29. The molecular formula is C26H29NO3. The van der Waals surface area contributed by atoms with E-state index in [-0.39, 0.29) is 5.92 Å². The highest BCUT2D eigenvalue weighted by atomic mass is 16.5. The number of carbonyl (C=O) groups is 1. The predicted molar refractivity (Wildman–Crippen MR) is 118 cm³/mol. The van der Waals surface area contributed by atoms with Crippen molar-refractivity contribution < 1.29 is 13.9 Å². The Balaban J connectivity index is 1.38. The van der Waals surface area contributed by atoms with E-state index < -0.39 is 0 Å². The first kappa shape index (κ1) is 20.4. The Morgan fingerprint density at radius 1 is 1.23 bits per heavy atom. The van der Waals surface area contributed by atoms with Crippen LogP contribution in [-0.2, 0) is 17.6 Å². The highest BCUT2D eigenvalue weighted by molar-refractivity contribution is 5.57. The molecule has 0 saturated carbocycles. The van der Waals surface area contributed by atoms with Gasteiger partial charge in [-0.25, -0.2) is 4.98 Å². The van der Waals surface area contributed by atoms with Crippen molar-refractivity contribution >= 4 is 6.29 Å². The van der Waals surface area contributed by atoms with Gasteiger partial charge in [0, 0.05) is 17.9 Å². The van der Waals surface area contributed by atoms with Gasteiger partial charge in [-0.05, 0) is 67.5 Å². The molecule has 0 aliphatic heterocycles. The van der Waals surface area contributed by atoms with Crippen molar-refractivity contribution in [1.82, 2.24) is 4.98 Å². The Labute approximate surface area is 178 Å². The minimum absolute atomic E-state index is 0.136. The lowest BCUT2D eigenvalue weighted by atomic mass is 9.85. The van der Waals surface area contributed by atoms with Gasteiger partial charge >= 0.3 is 0 Å². The molecule has 1 aromatic heterocycles. The van der Waals surface area contributed by atoms with E-state index in [2.05, 4.69) is 24.0 Å².